The number of imidazole rings is 1. The molecule has 0 atom stereocenters. The number of para-hydroxylation sites is 2. The summed E-state index contributed by atoms with van der Waals surface area (Å²) in [6.45, 7) is 2.49. The van der Waals surface area contributed by atoms with Gasteiger partial charge in [-0.1, -0.05) is 25.5 Å². The molecule has 0 amide bonds. The first-order valence-corrected chi connectivity index (χ1v) is 9.02. The molecule has 0 unspecified atom stereocenters. The van der Waals surface area contributed by atoms with Crippen LogP contribution < -0.4 is 5.56 Å². The molecule has 0 radical (unpaired) electrons. The van der Waals surface area contributed by atoms with Crippen molar-refractivity contribution in [2.24, 2.45) is 0 Å². The Kier molecular flexibility index (Phi) is 4.48. The van der Waals surface area contributed by atoms with E-state index in [-0.39, 0.29) is 5.52 Å². The lowest BCUT2D eigenvalue weighted by molar-refractivity contribution is 0.515. The van der Waals surface area contributed by atoms with Crippen LogP contribution in [0.2, 0.25) is 0 Å². The molecule has 0 fully saturated rings. The summed E-state index contributed by atoms with van der Waals surface area (Å²) in [5, 5.41) is 0.493. The summed E-state index contributed by atoms with van der Waals surface area (Å²) in [6, 6.07) is 11.8. The fourth-order valence-corrected chi connectivity index (χ4v) is 3.46. The van der Waals surface area contributed by atoms with Gasteiger partial charge in [-0.15, -0.1) is 0 Å². The number of fused-ring (bicyclic) bond motifs is 2. The van der Waals surface area contributed by atoms with Gasteiger partial charge >= 0.3 is 0 Å². The van der Waals surface area contributed by atoms with Crippen LogP contribution in [0, 0.1) is 11.6 Å². The largest absolute Gasteiger partial charge is 0.323 e. The number of nitrogens with zero attached hydrogens (tertiary/aromatic N) is 2. The van der Waals surface area contributed by atoms with Crippen LogP contribution in [0.25, 0.3) is 21.9 Å². The maximum absolute atomic E-state index is 14.2. The van der Waals surface area contributed by atoms with E-state index in [0.29, 0.717) is 17.5 Å². The number of aromatic nitrogens is 3. The Bertz CT molecular complexity index is 1190. The van der Waals surface area contributed by atoms with Crippen LogP contribution in [0.1, 0.15) is 31.2 Å². The zero-order valence-corrected chi connectivity index (χ0v) is 14.9. The van der Waals surface area contributed by atoms with E-state index in [4.69, 9.17) is 4.98 Å². The smallest absolute Gasteiger partial charge is 0.248 e. The van der Waals surface area contributed by atoms with Gasteiger partial charge in [-0.3, -0.25) is 4.79 Å². The third-order valence-corrected chi connectivity index (χ3v) is 4.81. The summed E-state index contributed by atoms with van der Waals surface area (Å²) in [5.41, 5.74) is 1.92. The molecule has 1 N–H and O–H groups in total. The molecule has 4 rings (SSSR count). The lowest BCUT2D eigenvalue weighted by atomic mass is 10.1. The maximum Gasteiger partial charge on any atom is 0.248 e. The second kappa shape index (κ2) is 6.95. The Morgan fingerprint density at radius 1 is 1.15 bits per heavy atom. The Hall–Kier alpha value is -3.02. The van der Waals surface area contributed by atoms with Crippen molar-refractivity contribution in [1.82, 2.24) is 14.5 Å². The molecule has 2 heterocycles. The molecule has 0 aliphatic heterocycles. The first-order valence-electron chi connectivity index (χ1n) is 9.02. The van der Waals surface area contributed by atoms with Crippen molar-refractivity contribution in [3.8, 4) is 0 Å². The number of pyridine rings is 1. The van der Waals surface area contributed by atoms with Crippen molar-refractivity contribution in [1.29, 1.82) is 0 Å². The standard InChI is InChI=1S/C21H19F2N3O/c1-2-3-8-18-24-16-6-4-5-7-17(16)26(18)12-13-11-19(27)25-21-14(13)9-10-15(22)20(21)23/h4-7,9-11H,2-3,8,12H2,1H3,(H,25,27). The number of hydrogen-bond donors (Lipinski definition) is 1. The fourth-order valence-electron chi connectivity index (χ4n) is 3.46. The molecule has 0 bridgehead atoms. The van der Waals surface area contributed by atoms with Crippen LogP contribution in [0.5, 0.6) is 0 Å². The average molecular weight is 367 g/mol. The lowest BCUT2D eigenvalue weighted by Gasteiger charge is -2.12. The molecule has 0 spiro atoms. The van der Waals surface area contributed by atoms with Crippen LogP contribution >= 0.6 is 0 Å². The van der Waals surface area contributed by atoms with Crippen molar-refractivity contribution in [3.05, 3.63) is 75.8 Å². The second-order valence-electron chi connectivity index (χ2n) is 6.65. The number of rotatable bonds is 5. The molecule has 27 heavy (non-hydrogen) atoms. The SMILES string of the molecule is CCCCc1nc2ccccc2n1Cc1cc(=O)[nH]c2c(F)c(F)ccc12. The van der Waals surface area contributed by atoms with Crippen molar-refractivity contribution < 1.29 is 8.78 Å². The van der Waals surface area contributed by atoms with E-state index in [2.05, 4.69) is 16.5 Å². The summed E-state index contributed by atoms with van der Waals surface area (Å²) < 4.78 is 29.8. The van der Waals surface area contributed by atoms with Crippen molar-refractivity contribution in [2.75, 3.05) is 0 Å². The van der Waals surface area contributed by atoms with E-state index in [1.807, 2.05) is 24.3 Å². The van der Waals surface area contributed by atoms with Gasteiger partial charge in [-0.2, -0.15) is 0 Å². The third-order valence-electron chi connectivity index (χ3n) is 4.81. The van der Waals surface area contributed by atoms with Crippen molar-refractivity contribution in [2.45, 2.75) is 32.7 Å². The average Bonchev–Trinajstić information content (AvgIpc) is 3.01. The number of halogens is 2. The number of aromatic amines is 1. The molecule has 6 heteroatoms. The van der Waals surface area contributed by atoms with Gasteiger partial charge in [0.2, 0.25) is 5.56 Å². The van der Waals surface area contributed by atoms with Crippen molar-refractivity contribution in [3.63, 3.8) is 0 Å². The highest BCUT2D eigenvalue weighted by atomic mass is 19.2. The number of nitrogens with one attached hydrogen (secondary N) is 1. The van der Waals surface area contributed by atoms with Gasteiger partial charge in [-0.25, -0.2) is 13.8 Å². The molecule has 138 valence electrons. The Balaban J connectivity index is 1.90. The topological polar surface area (TPSA) is 50.7 Å². The van der Waals surface area contributed by atoms with Gasteiger partial charge in [0.05, 0.1) is 23.1 Å². The summed E-state index contributed by atoms with van der Waals surface area (Å²) in [7, 11) is 0. The van der Waals surface area contributed by atoms with E-state index in [0.717, 1.165) is 42.2 Å². The van der Waals surface area contributed by atoms with Gasteiger partial charge in [0.15, 0.2) is 11.6 Å². The summed E-state index contributed by atoms with van der Waals surface area (Å²) in [6.07, 6.45) is 2.86. The van der Waals surface area contributed by atoms with E-state index >= 15 is 0 Å². The molecule has 2 aromatic heterocycles. The van der Waals surface area contributed by atoms with Crippen molar-refractivity contribution >= 4 is 21.9 Å². The third kappa shape index (κ3) is 3.12. The van der Waals surface area contributed by atoms with Gasteiger partial charge in [0.1, 0.15) is 5.82 Å². The van der Waals surface area contributed by atoms with E-state index in [1.54, 1.807) is 0 Å². The molecule has 4 aromatic rings. The molecular formula is C21H19F2N3O. The minimum atomic E-state index is -1.03. The Morgan fingerprint density at radius 2 is 1.96 bits per heavy atom. The molecule has 0 saturated carbocycles. The number of H-pyrrole nitrogens is 1. The van der Waals surface area contributed by atoms with E-state index in [9.17, 15) is 13.6 Å². The normalized spacial score (nSPS) is 11.5. The Morgan fingerprint density at radius 3 is 2.78 bits per heavy atom. The predicted octanol–water partition coefficient (Wildman–Crippen LogP) is 4.55. The van der Waals surface area contributed by atoms with Crippen LogP contribution in [0.15, 0.2) is 47.3 Å². The highest BCUT2D eigenvalue weighted by Gasteiger charge is 2.15. The number of unbranched alkanes of at least 4 members (excludes halogenated alkanes) is 1. The Labute approximate surface area is 154 Å². The second-order valence-corrected chi connectivity index (χ2v) is 6.65. The van der Waals surface area contributed by atoms with Crippen LogP contribution in [0.3, 0.4) is 0 Å². The minimum Gasteiger partial charge on any atom is -0.323 e. The maximum atomic E-state index is 14.2. The quantitative estimate of drug-likeness (QED) is 0.563. The van der Waals surface area contributed by atoms with Crippen LogP contribution in [-0.2, 0) is 13.0 Å². The number of hydrogen-bond acceptors (Lipinski definition) is 2. The zero-order valence-electron chi connectivity index (χ0n) is 14.9. The van der Waals surface area contributed by atoms with Gasteiger partial charge in [-0.05, 0) is 36.2 Å². The molecule has 4 nitrogen and oxygen atoms in total. The first-order chi connectivity index (χ1) is 13.1. The van der Waals surface area contributed by atoms with Crippen LogP contribution in [-0.4, -0.2) is 14.5 Å². The molecule has 2 aromatic carbocycles. The zero-order chi connectivity index (χ0) is 19.0. The summed E-state index contributed by atoms with van der Waals surface area (Å²) in [5.74, 6) is -1.09. The fraction of sp³-hybridized carbons (Fsp3) is 0.238. The number of aryl methyl sites for hydroxylation is 1. The molecule has 0 saturated heterocycles. The predicted molar refractivity (Wildman–Crippen MR) is 102 cm³/mol. The highest BCUT2D eigenvalue weighted by molar-refractivity contribution is 5.83. The van der Waals surface area contributed by atoms with Gasteiger partial charge in [0, 0.05) is 17.9 Å². The van der Waals surface area contributed by atoms with Crippen LogP contribution in [0.4, 0.5) is 8.78 Å². The molecule has 0 aliphatic carbocycles. The summed E-state index contributed by atoms with van der Waals surface area (Å²) >= 11 is 0. The highest BCUT2D eigenvalue weighted by Crippen LogP contribution is 2.24. The van der Waals surface area contributed by atoms with Gasteiger partial charge in [0.25, 0.3) is 0 Å². The molecule has 0 aliphatic rings. The minimum absolute atomic E-state index is 0.1000. The van der Waals surface area contributed by atoms with E-state index < -0.39 is 17.2 Å². The summed E-state index contributed by atoms with van der Waals surface area (Å²) in [4.78, 5) is 19.2. The van der Waals surface area contributed by atoms with Gasteiger partial charge < -0.3 is 9.55 Å². The first kappa shape index (κ1) is 17.4. The lowest BCUT2D eigenvalue weighted by Crippen LogP contribution is -2.12. The number of benzene rings is 2. The molecular weight excluding hydrogens is 348 g/mol. The monoisotopic (exact) mass is 367 g/mol. The van der Waals surface area contributed by atoms with E-state index in [1.165, 1.54) is 12.1 Å².